The van der Waals surface area contributed by atoms with Gasteiger partial charge in [0.05, 0.1) is 5.56 Å². The highest BCUT2D eigenvalue weighted by Gasteiger charge is 2.25. The number of aryl methyl sites for hydroxylation is 1. The van der Waals surface area contributed by atoms with E-state index in [-0.39, 0.29) is 12.5 Å². The number of piperazine rings is 1. The molecule has 1 aromatic carbocycles. The van der Waals surface area contributed by atoms with Gasteiger partial charge in [0, 0.05) is 54.2 Å². The molecule has 3 heterocycles. The minimum absolute atomic E-state index is 0.175. The van der Waals surface area contributed by atoms with Crippen LogP contribution in [0.25, 0.3) is 5.00 Å². The van der Waals surface area contributed by atoms with Crippen LogP contribution in [0.2, 0.25) is 5.02 Å². The molecule has 1 aliphatic rings. The molecule has 6 nitrogen and oxygen atoms in total. The molecule has 2 aromatic heterocycles. The van der Waals surface area contributed by atoms with Gasteiger partial charge in [0.25, 0.3) is 5.91 Å². The molecule has 0 N–H and O–H groups in total. The van der Waals surface area contributed by atoms with Crippen molar-refractivity contribution in [3.8, 4) is 5.00 Å². The molecule has 8 heteroatoms. The van der Waals surface area contributed by atoms with E-state index in [0.29, 0.717) is 36.8 Å². The maximum Gasteiger partial charge on any atom is 0.341 e. The fourth-order valence-electron chi connectivity index (χ4n) is 3.68. The average molecular weight is 458 g/mol. The lowest BCUT2D eigenvalue weighted by Gasteiger charge is -2.36. The lowest BCUT2D eigenvalue weighted by atomic mass is 10.1. The standard InChI is InChI=1S/C23H24ClN3O3S/c1-16-17(2)31-22(27-8-3-4-9-27)21(16)23(29)30-15-20(28)26-12-10-25(11-13-26)19-7-5-6-18(24)14-19/h3-9,14H,10-13,15H2,1-2H3. The number of carbonyl (C=O) groups excluding carboxylic acids is 2. The molecule has 1 aliphatic heterocycles. The Labute approximate surface area is 190 Å². The van der Waals surface area contributed by atoms with Gasteiger partial charge < -0.3 is 19.1 Å². The summed E-state index contributed by atoms with van der Waals surface area (Å²) in [6.45, 7) is 6.21. The Balaban J connectivity index is 1.35. The summed E-state index contributed by atoms with van der Waals surface area (Å²) in [6, 6.07) is 11.5. The molecule has 0 saturated carbocycles. The van der Waals surface area contributed by atoms with Crippen LogP contribution in [0.3, 0.4) is 0 Å². The van der Waals surface area contributed by atoms with Crippen molar-refractivity contribution in [2.75, 3.05) is 37.7 Å². The highest BCUT2D eigenvalue weighted by Crippen LogP contribution is 2.31. The first-order valence-electron chi connectivity index (χ1n) is 10.1. The number of halogens is 1. The number of hydrogen-bond acceptors (Lipinski definition) is 5. The Morgan fingerprint density at radius 2 is 1.77 bits per heavy atom. The van der Waals surface area contributed by atoms with Gasteiger partial charge in [-0.25, -0.2) is 4.79 Å². The van der Waals surface area contributed by atoms with Gasteiger partial charge in [0.15, 0.2) is 6.61 Å². The first kappa shape index (κ1) is 21.5. The summed E-state index contributed by atoms with van der Waals surface area (Å²) >= 11 is 7.62. The van der Waals surface area contributed by atoms with Gasteiger partial charge >= 0.3 is 5.97 Å². The van der Waals surface area contributed by atoms with Gasteiger partial charge in [0.1, 0.15) is 5.00 Å². The lowest BCUT2D eigenvalue weighted by molar-refractivity contribution is -0.134. The predicted molar refractivity (Wildman–Crippen MR) is 124 cm³/mol. The first-order valence-corrected chi connectivity index (χ1v) is 11.3. The van der Waals surface area contributed by atoms with E-state index in [2.05, 4.69) is 4.90 Å². The van der Waals surface area contributed by atoms with E-state index < -0.39 is 5.97 Å². The molecule has 0 atom stereocenters. The van der Waals surface area contributed by atoms with Gasteiger partial charge in [-0.15, -0.1) is 11.3 Å². The number of esters is 1. The van der Waals surface area contributed by atoms with Gasteiger partial charge in [-0.05, 0) is 49.7 Å². The summed E-state index contributed by atoms with van der Waals surface area (Å²) in [5, 5.41) is 1.51. The van der Waals surface area contributed by atoms with Crippen LogP contribution in [0.15, 0.2) is 48.8 Å². The SMILES string of the molecule is Cc1sc(-n2cccc2)c(C(=O)OCC(=O)N2CCN(c3cccc(Cl)c3)CC2)c1C. The van der Waals surface area contributed by atoms with Crippen molar-refractivity contribution >= 4 is 40.5 Å². The number of thiophene rings is 1. The largest absolute Gasteiger partial charge is 0.452 e. The topological polar surface area (TPSA) is 54.8 Å². The normalized spacial score (nSPS) is 14.0. The Morgan fingerprint density at radius 1 is 1.06 bits per heavy atom. The number of anilines is 1. The minimum Gasteiger partial charge on any atom is -0.452 e. The molecule has 1 fully saturated rings. The van der Waals surface area contributed by atoms with Crippen LogP contribution < -0.4 is 4.90 Å². The zero-order valence-electron chi connectivity index (χ0n) is 17.5. The third-order valence-corrected chi connectivity index (χ3v) is 7.00. The number of amides is 1. The monoisotopic (exact) mass is 457 g/mol. The second kappa shape index (κ2) is 9.16. The van der Waals surface area contributed by atoms with Gasteiger partial charge in [-0.3, -0.25) is 4.79 Å². The molecular weight excluding hydrogens is 434 g/mol. The van der Waals surface area contributed by atoms with Crippen molar-refractivity contribution in [1.82, 2.24) is 9.47 Å². The first-order chi connectivity index (χ1) is 14.9. The summed E-state index contributed by atoms with van der Waals surface area (Å²) in [5.41, 5.74) is 2.46. The smallest absolute Gasteiger partial charge is 0.341 e. The molecule has 0 bridgehead atoms. The van der Waals surface area contributed by atoms with Crippen LogP contribution >= 0.6 is 22.9 Å². The fourth-order valence-corrected chi connectivity index (χ4v) is 4.97. The van der Waals surface area contributed by atoms with Crippen LogP contribution in [0, 0.1) is 13.8 Å². The molecule has 31 heavy (non-hydrogen) atoms. The molecule has 1 amide bonds. The molecule has 0 aliphatic carbocycles. The predicted octanol–water partition coefficient (Wildman–Crippen LogP) is 4.31. The maximum absolute atomic E-state index is 12.8. The lowest BCUT2D eigenvalue weighted by Crippen LogP contribution is -2.49. The molecule has 1 saturated heterocycles. The zero-order valence-corrected chi connectivity index (χ0v) is 19.1. The van der Waals surface area contributed by atoms with Crippen molar-refractivity contribution < 1.29 is 14.3 Å². The molecule has 0 unspecified atom stereocenters. The summed E-state index contributed by atoms with van der Waals surface area (Å²) in [4.78, 5) is 30.5. The highest BCUT2D eigenvalue weighted by molar-refractivity contribution is 7.15. The van der Waals surface area contributed by atoms with E-state index in [9.17, 15) is 9.59 Å². The average Bonchev–Trinajstić information content (AvgIpc) is 3.40. The van der Waals surface area contributed by atoms with E-state index in [1.807, 2.05) is 67.2 Å². The van der Waals surface area contributed by atoms with Gasteiger partial charge in [-0.2, -0.15) is 0 Å². The number of carbonyl (C=O) groups is 2. The van der Waals surface area contributed by atoms with E-state index >= 15 is 0 Å². The third kappa shape index (κ3) is 4.62. The summed E-state index contributed by atoms with van der Waals surface area (Å²) in [6.07, 6.45) is 3.79. The summed E-state index contributed by atoms with van der Waals surface area (Å²) in [5.74, 6) is -0.636. The molecule has 162 valence electrons. The molecular formula is C23H24ClN3O3S. The molecule has 0 radical (unpaired) electrons. The Kier molecular flexibility index (Phi) is 6.34. The molecule has 3 aromatic rings. The quantitative estimate of drug-likeness (QED) is 0.535. The number of aromatic nitrogens is 1. The van der Waals surface area contributed by atoms with Gasteiger partial charge in [-0.1, -0.05) is 17.7 Å². The van der Waals surface area contributed by atoms with E-state index in [1.54, 1.807) is 16.2 Å². The van der Waals surface area contributed by atoms with Gasteiger partial charge in [0.2, 0.25) is 0 Å². The Hall–Kier alpha value is -2.77. The molecule has 4 rings (SSSR count). The Morgan fingerprint density at radius 3 is 2.45 bits per heavy atom. The summed E-state index contributed by atoms with van der Waals surface area (Å²) < 4.78 is 7.34. The number of nitrogens with zero attached hydrogens (tertiary/aromatic N) is 3. The van der Waals surface area contributed by atoms with Crippen molar-refractivity contribution in [3.63, 3.8) is 0 Å². The number of benzene rings is 1. The second-order valence-corrected chi connectivity index (χ2v) is 9.12. The third-order valence-electron chi connectivity index (χ3n) is 5.54. The van der Waals surface area contributed by atoms with E-state index in [0.717, 1.165) is 21.1 Å². The Bertz CT molecular complexity index is 1090. The highest BCUT2D eigenvalue weighted by atomic mass is 35.5. The van der Waals surface area contributed by atoms with Crippen molar-refractivity contribution in [1.29, 1.82) is 0 Å². The number of ether oxygens (including phenoxy) is 1. The van der Waals surface area contributed by atoms with E-state index in [4.69, 9.17) is 16.3 Å². The second-order valence-electron chi connectivity index (χ2n) is 7.48. The van der Waals surface area contributed by atoms with Crippen molar-refractivity contribution in [3.05, 3.63) is 69.8 Å². The van der Waals surface area contributed by atoms with Crippen LogP contribution in [0.5, 0.6) is 0 Å². The molecule has 0 spiro atoms. The van der Waals surface area contributed by atoms with Crippen LogP contribution in [-0.2, 0) is 9.53 Å². The zero-order chi connectivity index (χ0) is 22.0. The minimum atomic E-state index is -0.462. The number of hydrogen-bond donors (Lipinski definition) is 0. The summed E-state index contributed by atoms with van der Waals surface area (Å²) in [7, 11) is 0. The van der Waals surface area contributed by atoms with Crippen LogP contribution in [-0.4, -0.2) is 54.1 Å². The van der Waals surface area contributed by atoms with Crippen molar-refractivity contribution in [2.45, 2.75) is 13.8 Å². The van der Waals surface area contributed by atoms with Crippen molar-refractivity contribution in [2.24, 2.45) is 0 Å². The fraction of sp³-hybridized carbons (Fsp3) is 0.304. The van der Waals surface area contributed by atoms with Crippen LogP contribution in [0.1, 0.15) is 20.8 Å². The number of rotatable bonds is 5. The van der Waals surface area contributed by atoms with E-state index in [1.165, 1.54) is 0 Å². The maximum atomic E-state index is 12.8. The van der Waals surface area contributed by atoms with Crippen LogP contribution in [0.4, 0.5) is 5.69 Å².